The lowest BCUT2D eigenvalue weighted by molar-refractivity contribution is -0.140. The highest BCUT2D eigenvalue weighted by Gasteiger charge is 2.46. The number of piperidine rings is 1. The van der Waals surface area contributed by atoms with Crippen LogP contribution in [-0.2, 0) is 14.9 Å². The van der Waals surface area contributed by atoms with Crippen LogP contribution >= 0.6 is 0 Å². The van der Waals surface area contributed by atoms with Crippen LogP contribution in [0.3, 0.4) is 0 Å². The van der Waals surface area contributed by atoms with Crippen molar-refractivity contribution in [3.05, 3.63) is 66.2 Å². The number of carbonyl (C=O) groups excluding carboxylic acids is 2. The molecule has 2 aromatic carbocycles. The lowest BCUT2D eigenvalue weighted by Gasteiger charge is -2.46. The molecule has 0 spiro atoms. The molecule has 10 heteroatoms. The Morgan fingerprint density at radius 3 is 2.12 bits per heavy atom. The second-order valence-corrected chi connectivity index (χ2v) is 11.7. The number of nitrogen functional groups attached to an aromatic ring is 1. The first kappa shape index (κ1) is 28.2. The predicted molar refractivity (Wildman–Crippen MR) is 157 cm³/mol. The van der Waals surface area contributed by atoms with Crippen molar-refractivity contribution in [3.8, 4) is 17.0 Å². The molecule has 41 heavy (non-hydrogen) atoms. The second-order valence-electron chi connectivity index (χ2n) is 11.7. The van der Waals surface area contributed by atoms with E-state index in [1.165, 1.54) is 0 Å². The number of hydrogen-bond acceptors (Lipinski definition) is 8. The maximum Gasteiger partial charge on any atom is 0.410 e. The molecule has 5 rings (SSSR count). The zero-order chi connectivity index (χ0) is 29.2. The van der Waals surface area contributed by atoms with Gasteiger partial charge in [0.1, 0.15) is 11.4 Å². The van der Waals surface area contributed by atoms with Gasteiger partial charge in [-0.25, -0.2) is 4.79 Å². The molecule has 216 valence electrons. The van der Waals surface area contributed by atoms with E-state index in [0.29, 0.717) is 69.2 Å². The zero-order valence-corrected chi connectivity index (χ0v) is 23.9. The Hall–Kier alpha value is -4.34. The van der Waals surface area contributed by atoms with Crippen LogP contribution in [-0.4, -0.2) is 82.0 Å². The Labute approximate surface area is 240 Å². The first-order valence-electron chi connectivity index (χ1n) is 14.1. The van der Waals surface area contributed by atoms with Crippen LogP contribution < -0.4 is 10.6 Å². The van der Waals surface area contributed by atoms with E-state index in [4.69, 9.17) is 10.5 Å². The molecule has 2 aliphatic heterocycles. The van der Waals surface area contributed by atoms with E-state index in [9.17, 15) is 14.7 Å². The Morgan fingerprint density at radius 1 is 0.878 bits per heavy atom. The van der Waals surface area contributed by atoms with Crippen LogP contribution in [0.2, 0.25) is 0 Å². The number of benzene rings is 2. The third kappa shape index (κ3) is 5.91. The van der Waals surface area contributed by atoms with Gasteiger partial charge in [0.25, 0.3) is 0 Å². The van der Waals surface area contributed by atoms with Gasteiger partial charge in [-0.2, -0.15) is 0 Å². The number of nitrogens with two attached hydrogens (primary N) is 1. The van der Waals surface area contributed by atoms with E-state index in [1.54, 1.807) is 23.1 Å². The highest BCUT2D eigenvalue weighted by molar-refractivity contribution is 5.89. The molecule has 1 aromatic heterocycles. The monoisotopic (exact) mass is 558 g/mol. The molecule has 0 unspecified atom stereocenters. The molecule has 3 aromatic rings. The van der Waals surface area contributed by atoms with Crippen LogP contribution in [0.4, 0.5) is 16.3 Å². The summed E-state index contributed by atoms with van der Waals surface area (Å²) in [7, 11) is 0. The van der Waals surface area contributed by atoms with Gasteiger partial charge in [-0.05, 0) is 57.4 Å². The molecule has 2 fully saturated rings. The minimum Gasteiger partial charge on any atom is -0.507 e. The number of aromatic nitrogens is 2. The highest BCUT2D eigenvalue weighted by atomic mass is 16.6. The second kappa shape index (κ2) is 11.3. The van der Waals surface area contributed by atoms with Gasteiger partial charge in [-0.1, -0.05) is 42.5 Å². The number of carbonyl (C=O) groups is 2. The number of rotatable bonds is 4. The summed E-state index contributed by atoms with van der Waals surface area (Å²) in [6.07, 6.45) is 0.841. The van der Waals surface area contributed by atoms with Crippen molar-refractivity contribution in [1.82, 2.24) is 20.0 Å². The Kier molecular flexibility index (Phi) is 7.75. The Balaban J connectivity index is 1.34. The standard InChI is InChI=1S/C31H38N6O4/c1-30(2,3)41-29(40)37-19-17-36(18-20-37)28(39)31(22-9-5-4-6-10-22)13-15-35(16-14-31)25-21-24(33-34-27(25)32)23-11-7-8-12-26(23)38/h4-12,21,38H,13-20H2,1-3H3,(H2,32,34). The summed E-state index contributed by atoms with van der Waals surface area (Å²) in [5.41, 5.74) is 7.86. The van der Waals surface area contributed by atoms with Crippen molar-refractivity contribution >= 4 is 23.5 Å². The number of ether oxygens (including phenoxy) is 1. The van der Waals surface area contributed by atoms with Crippen molar-refractivity contribution < 1.29 is 19.4 Å². The van der Waals surface area contributed by atoms with E-state index in [2.05, 4.69) is 15.1 Å². The van der Waals surface area contributed by atoms with Crippen LogP contribution in [0.15, 0.2) is 60.7 Å². The van der Waals surface area contributed by atoms with E-state index < -0.39 is 11.0 Å². The first-order chi connectivity index (χ1) is 19.6. The highest BCUT2D eigenvalue weighted by Crippen LogP contribution is 2.40. The third-order valence-corrected chi connectivity index (χ3v) is 7.89. The number of hydrogen-bond donors (Lipinski definition) is 2. The summed E-state index contributed by atoms with van der Waals surface area (Å²) in [5, 5.41) is 18.7. The number of amides is 2. The Bertz CT molecular complexity index is 1390. The zero-order valence-electron chi connectivity index (χ0n) is 23.9. The summed E-state index contributed by atoms with van der Waals surface area (Å²) < 4.78 is 5.53. The van der Waals surface area contributed by atoms with Crippen molar-refractivity contribution in [2.75, 3.05) is 49.9 Å². The fourth-order valence-corrected chi connectivity index (χ4v) is 5.70. The summed E-state index contributed by atoms with van der Waals surface area (Å²) in [4.78, 5) is 32.5. The van der Waals surface area contributed by atoms with Crippen LogP contribution in [0.1, 0.15) is 39.2 Å². The lowest BCUT2D eigenvalue weighted by atomic mass is 9.71. The number of nitrogens with zero attached hydrogens (tertiary/aromatic N) is 5. The fourth-order valence-electron chi connectivity index (χ4n) is 5.70. The van der Waals surface area contributed by atoms with Gasteiger partial charge in [-0.15, -0.1) is 10.2 Å². The molecule has 0 radical (unpaired) electrons. The number of phenols is 1. The molecule has 3 N–H and O–H groups in total. The number of aromatic hydroxyl groups is 1. The molecular formula is C31H38N6O4. The van der Waals surface area contributed by atoms with E-state index in [0.717, 1.165) is 11.3 Å². The van der Waals surface area contributed by atoms with Crippen LogP contribution in [0, 0.1) is 0 Å². The molecular weight excluding hydrogens is 520 g/mol. The third-order valence-electron chi connectivity index (χ3n) is 7.89. The number of anilines is 2. The Morgan fingerprint density at radius 2 is 1.49 bits per heavy atom. The average Bonchev–Trinajstić information content (AvgIpc) is 2.97. The van der Waals surface area contributed by atoms with Gasteiger partial charge in [0, 0.05) is 44.8 Å². The van der Waals surface area contributed by atoms with Gasteiger partial charge in [0.05, 0.1) is 16.8 Å². The van der Waals surface area contributed by atoms with E-state index in [-0.39, 0.29) is 17.7 Å². The number of piperazine rings is 1. The quantitative estimate of drug-likeness (QED) is 0.491. The van der Waals surface area contributed by atoms with E-state index in [1.807, 2.05) is 68.1 Å². The largest absolute Gasteiger partial charge is 0.507 e. The molecule has 0 atom stereocenters. The van der Waals surface area contributed by atoms with Gasteiger partial charge < -0.3 is 30.3 Å². The first-order valence-corrected chi connectivity index (χ1v) is 14.1. The summed E-state index contributed by atoms with van der Waals surface area (Å²) in [6, 6.07) is 18.8. The molecule has 10 nitrogen and oxygen atoms in total. The van der Waals surface area contributed by atoms with Gasteiger partial charge in [0.15, 0.2) is 5.82 Å². The predicted octanol–water partition coefficient (Wildman–Crippen LogP) is 4.05. The van der Waals surface area contributed by atoms with Crippen molar-refractivity contribution in [2.24, 2.45) is 0 Å². The molecule has 0 saturated carbocycles. The lowest BCUT2D eigenvalue weighted by Crippen LogP contribution is -2.58. The summed E-state index contributed by atoms with van der Waals surface area (Å²) >= 11 is 0. The summed E-state index contributed by atoms with van der Waals surface area (Å²) in [5.74, 6) is 0.514. The average molecular weight is 559 g/mol. The maximum absolute atomic E-state index is 14.3. The topological polar surface area (TPSA) is 125 Å². The van der Waals surface area contributed by atoms with Gasteiger partial charge in [-0.3, -0.25) is 4.79 Å². The SMILES string of the molecule is CC(C)(C)OC(=O)N1CCN(C(=O)C2(c3ccccc3)CCN(c3cc(-c4ccccc4O)nnc3N)CC2)CC1. The van der Waals surface area contributed by atoms with Crippen LogP contribution in [0.5, 0.6) is 5.75 Å². The smallest absolute Gasteiger partial charge is 0.410 e. The molecule has 2 aliphatic rings. The molecule has 3 heterocycles. The minimum atomic E-state index is -0.693. The van der Waals surface area contributed by atoms with Gasteiger partial charge >= 0.3 is 6.09 Å². The maximum atomic E-state index is 14.3. The molecule has 0 bridgehead atoms. The number of phenolic OH excluding ortho intramolecular Hbond substituents is 1. The van der Waals surface area contributed by atoms with Gasteiger partial charge in [0.2, 0.25) is 5.91 Å². The summed E-state index contributed by atoms with van der Waals surface area (Å²) in [6.45, 7) is 8.53. The minimum absolute atomic E-state index is 0.0860. The normalized spacial score (nSPS) is 17.3. The fraction of sp³-hybridized carbons (Fsp3) is 0.419. The van der Waals surface area contributed by atoms with E-state index >= 15 is 0 Å². The van der Waals surface area contributed by atoms with Crippen molar-refractivity contribution in [2.45, 2.75) is 44.6 Å². The number of para-hydroxylation sites is 1. The molecule has 0 aliphatic carbocycles. The van der Waals surface area contributed by atoms with Crippen LogP contribution in [0.25, 0.3) is 11.3 Å². The molecule has 2 amide bonds. The van der Waals surface area contributed by atoms with Crippen molar-refractivity contribution in [3.63, 3.8) is 0 Å². The molecule has 2 saturated heterocycles. The van der Waals surface area contributed by atoms with Crippen molar-refractivity contribution in [1.29, 1.82) is 0 Å².